The minimum Gasteiger partial charge on any atom is -0.396 e. The van der Waals surface area contributed by atoms with E-state index in [0.717, 1.165) is 11.1 Å². The van der Waals surface area contributed by atoms with Crippen LogP contribution in [0.2, 0.25) is 0 Å². The van der Waals surface area contributed by atoms with Gasteiger partial charge in [0.2, 0.25) is 0 Å². The molecule has 0 aliphatic rings. The summed E-state index contributed by atoms with van der Waals surface area (Å²) < 4.78 is 0. The molecule has 1 rings (SSSR count). The van der Waals surface area contributed by atoms with Gasteiger partial charge in [-0.3, -0.25) is 0 Å². The van der Waals surface area contributed by atoms with Gasteiger partial charge in [0.15, 0.2) is 0 Å². The second-order valence-electron chi connectivity index (χ2n) is 3.60. The highest BCUT2D eigenvalue weighted by atomic mass is 35.5. The second-order valence-corrected chi connectivity index (χ2v) is 4.55. The average molecular weight is 199 g/mol. The lowest BCUT2D eigenvalue weighted by Crippen LogP contribution is -2.11. The predicted molar refractivity (Wildman–Crippen MR) is 56.1 cm³/mol. The number of hydrogen-bond acceptors (Lipinski definition) is 1. The van der Waals surface area contributed by atoms with Gasteiger partial charge in [0, 0.05) is 6.61 Å². The van der Waals surface area contributed by atoms with Crippen LogP contribution in [-0.2, 0) is 11.3 Å². The summed E-state index contributed by atoms with van der Waals surface area (Å²) in [5, 5.41) is 8.87. The third kappa shape index (κ3) is 2.71. The van der Waals surface area contributed by atoms with Crippen LogP contribution in [0.25, 0.3) is 0 Å². The molecule has 0 spiro atoms. The first-order chi connectivity index (χ1) is 6.05. The summed E-state index contributed by atoms with van der Waals surface area (Å²) in [5.41, 5.74) is 2.23. The lowest BCUT2D eigenvalue weighted by molar-refractivity contribution is 0.299. The van der Waals surface area contributed by atoms with E-state index >= 15 is 0 Å². The Morgan fingerprint density at radius 2 is 1.92 bits per heavy atom. The molecule has 0 saturated carbocycles. The van der Waals surface area contributed by atoms with Crippen molar-refractivity contribution in [1.29, 1.82) is 0 Å². The zero-order chi connectivity index (χ0) is 9.90. The Hall–Kier alpha value is -0.530. The number of hydrogen-bond donors (Lipinski definition) is 1. The van der Waals surface area contributed by atoms with Crippen LogP contribution in [0, 0.1) is 0 Å². The summed E-state index contributed by atoms with van der Waals surface area (Å²) in [5.74, 6) is 0. The molecule has 1 aromatic carbocycles. The molecule has 1 nitrogen and oxygen atoms in total. The molecule has 0 fully saturated rings. The highest BCUT2D eigenvalue weighted by Gasteiger charge is 2.19. The highest BCUT2D eigenvalue weighted by Crippen LogP contribution is 2.30. The summed E-state index contributed by atoms with van der Waals surface area (Å²) in [7, 11) is 0. The fourth-order valence-electron chi connectivity index (χ4n) is 1.44. The van der Waals surface area contributed by atoms with Crippen molar-refractivity contribution < 1.29 is 5.11 Å². The highest BCUT2D eigenvalue weighted by molar-refractivity contribution is 6.23. The molecule has 0 aromatic heterocycles. The van der Waals surface area contributed by atoms with E-state index in [-0.39, 0.29) is 11.5 Å². The minimum absolute atomic E-state index is 0.171. The van der Waals surface area contributed by atoms with Crippen molar-refractivity contribution >= 4 is 11.6 Å². The number of halogens is 1. The molecular weight excluding hydrogens is 184 g/mol. The number of aliphatic hydroxyl groups excluding tert-OH is 1. The van der Waals surface area contributed by atoms with Gasteiger partial charge < -0.3 is 5.11 Å². The van der Waals surface area contributed by atoms with E-state index in [1.54, 1.807) is 0 Å². The summed E-state index contributed by atoms with van der Waals surface area (Å²) in [4.78, 5) is -0.355. The molecule has 0 bridgehead atoms. The molecule has 0 aliphatic carbocycles. The maximum atomic E-state index is 8.87. The van der Waals surface area contributed by atoms with Crippen molar-refractivity contribution in [3.63, 3.8) is 0 Å². The molecule has 0 radical (unpaired) electrons. The van der Waals surface area contributed by atoms with Crippen LogP contribution in [0.15, 0.2) is 24.3 Å². The molecular formula is C11H15ClO. The maximum absolute atomic E-state index is 8.87. The van der Waals surface area contributed by atoms with E-state index in [0.29, 0.717) is 6.42 Å². The summed E-state index contributed by atoms with van der Waals surface area (Å²) in [6.07, 6.45) is 0.673. The maximum Gasteiger partial charge on any atom is 0.0641 e. The van der Waals surface area contributed by atoms with Crippen molar-refractivity contribution in [2.24, 2.45) is 0 Å². The number of benzene rings is 1. The zero-order valence-electron chi connectivity index (χ0n) is 8.05. The number of aliphatic hydroxyl groups is 1. The number of alkyl halides is 1. The molecule has 72 valence electrons. The monoisotopic (exact) mass is 198 g/mol. The molecule has 1 N–H and O–H groups in total. The largest absolute Gasteiger partial charge is 0.396 e. The predicted octanol–water partition coefficient (Wildman–Crippen LogP) is 2.70. The Labute approximate surface area is 84.4 Å². The van der Waals surface area contributed by atoms with Crippen molar-refractivity contribution in [3.8, 4) is 0 Å². The molecule has 2 heteroatoms. The fraction of sp³-hybridized carbons (Fsp3) is 0.455. The van der Waals surface area contributed by atoms with Crippen LogP contribution in [0.3, 0.4) is 0 Å². The Bertz CT molecular complexity index is 276. The molecule has 0 unspecified atom stereocenters. The normalized spacial score (nSPS) is 11.7. The van der Waals surface area contributed by atoms with Crippen LogP contribution >= 0.6 is 11.6 Å². The molecule has 0 heterocycles. The van der Waals surface area contributed by atoms with E-state index in [2.05, 4.69) is 0 Å². The minimum atomic E-state index is -0.355. The van der Waals surface area contributed by atoms with Crippen molar-refractivity contribution in [3.05, 3.63) is 35.4 Å². The van der Waals surface area contributed by atoms with Gasteiger partial charge in [0.05, 0.1) is 4.87 Å². The van der Waals surface area contributed by atoms with Gasteiger partial charge in [-0.15, -0.1) is 11.6 Å². The van der Waals surface area contributed by atoms with Gasteiger partial charge in [-0.25, -0.2) is 0 Å². The van der Waals surface area contributed by atoms with E-state index in [4.69, 9.17) is 16.7 Å². The quantitative estimate of drug-likeness (QED) is 0.741. The smallest absolute Gasteiger partial charge is 0.0641 e. The second kappa shape index (κ2) is 4.12. The molecule has 0 amide bonds. The Kier molecular flexibility index (Phi) is 3.34. The molecule has 1 aromatic rings. The van der Waals surface area contributed by atoms with Gasteiger partial charge >= 0.3 is 0 Å². The Balaban J connectivity index is 3.05. The van der Waals surface area contributed by atoms with Gasteiger partial charge in [-0.05, 0) is 31.4 Å². The topological polar surface area (TPSA) is 20.2 Å². The van der Waals surface area contributed by atoms with Gasteiger partial charge in [0.1, 0.15) is 0 Å². The molecule has 0 atom stereocenters. The first-order valence-electron chi connectivity index (χ1n) is 4.44. The van der Waals surface area contributed by atoms with E-state index in [1.165, 1.54) is 0 Å². The van der Waals surface area contributed by atoms with Crippen LogP contribution in [0.5, 0.6) is 0 Å². The lowest BCUT2D eigenvalue weighted by atomic mass is 9.95. The summed E-state index contributed by atoms with van der Waals surface area (Å²) in [6.45, 7) is 4.10. The molecule has 0 aliphatic heterocycles. The van der Waals surface area contributed by atoms with Crippen LogP contribution in [0.4, 0.5) is 0 Å². The third-order valence-electron chi connectivity index (χ3n) is 2.04. The Morgan fingerprint density at radius 3 is 2.46 bits per heavy atom. The fourth-order valence-corrected chi connectivity index (χ4v) is 1.62. The van der Waals surface area contributed by atoms with E-state index in [9.17, 15) is 0 Å². The van der Waals surface area contributed by atoms with Gasteiger partial charge in [-0.1, -0.05) is 24.3 Å². The van der Waals surface area contributed by atoms with Gasteiger partial charge in [0.25, 0.3) is 0 Å². The van der Waals surface area contributed by atoms with E-state index in [1.807, 2.05) is 38.1 Å². The SMILES string of the molecule is CC(C)(Cl)c1ccccc1CCO. The standard InChI is InChI=1S/C11H15ClO/c1-11(2,12)10-6-4-3-5-9(10)7-8-13/h3-6,13H,7-8H2,1-2H3. The first kappa shape index (κ1) is 10.6. The number of rotatable bonds is 3. The van der Waals surface area contributed by atoms with Gasteiger partial charge in [-0.2, -0.15) is 0 Å². The molecule has 13 heavy (non-hydrogen) atoms. The van der Waals surface area contributed by atoms with E-state index < -0.39 is 0 Å². The first-order valence-corrected chi connectivity index (χ1v) is 4.81. The summed E-state index contributed by atoms with van der Waals surface area (Å²) in [6, 6.07) is 7.96. The van der Waals surface area contributed by atoms with Crippen molar-refractivity contribution in [2.45, 2.75) is 25.1 Å². The lowest BCUT2D eigenvalue weighted by Gasteiger charge is -2.20. The van der Waals surface area contributed by atoms with Crippen LogP contribution in [0.1, 0.15) is 25.0 Å². The zero-order valence-corrected chi connectivity index (χ0v) is 8.80. The van der Waals surface area contributed by atoms with Crippen molar-refractivity contribution in [1.82, 2.24) is 0 Å². The van der Waals surface area contributed by atoms with Crippen LogP contribution in [-0.4, -0.2) is 11.7 Å². The van der Waals surface area contributed by atoms with Crippen LogP contribution < -0.4 is 0 Å². The molecule has 0 saturated heterocycles. The van der Waals surface area contributed by atoms with Crippen molar-refractivity contribution in [2.75, 3.05) is 6.61 Å². The third-order valence-corrected chi connectivity index (χ3v) is 2.24. The Morgan fingerprint density at radius 1 is 1.31 bits per heavy atom. The summed E-state index contributed by atoms with van der Waals surface area (Å²) >= 11 is 6.22. The average Bonchev–Trinajstić information content (AvgIpc) is 2.04.